The average Bonchev–Trinajstić information content (AvgIpc) is 3.38. The molecule has 7 heteroatoms. The summed E-state index contributed by atoms with van der Waals surface area (Å²) in [4.78, 5) is 16.7. The number of amides is 1. The Hall–Kier alpha value is -3.35. The molecule has 0 radical (unpaired) electrons. The van der Waals surface area contributed by atoms with Gasteiger partial charge in [0.05, 0.1) is 18.7 Å². The molecule has 3 heterocycles. The van der Waals surface area contributed by atoms with Crippen LogP contribution in [0.2, 0.25) is 0 Å². The van der Waals surface area contributed by atoms with Crippen LogP contribution in [0.25, 0.3) is 22.6 Å². The minimum absolute atomic E-state index is 0.144. The molecule has 0 aliphatic carbocycles. The number of H-pyrrole nitrogens is 1. The lowest BCUT2D eigenvalue weighted by molar-refractivity contribution is -0.122. The molecule has 1 atom stereocenters. The highest BCUT2D eigenvalue weighted by molar-refractivity contribution is 5.85. The molecule has 126 valence electrons. The minimum atomic E-state index is -0.403. The molecule has 1 amide bonds. The molecule has 0 aliphatic heterocycles. The van der Waals surface area contributed by atoms with Crippen molar-refractivity contribution in [2.45, 2.75) is 19.4 Å². The second kappa shape index (κ2) is 6.27. The van der Waals surface area contributed by atoms with Gasteiger partial charge in [-0.3, -0.25) is 9.89 Å². The van der Waals surface area contributed by atoms with E-state index in [-0.39, 0.29) is 12.5 Å². The van der Waals surface area contributed by atoms with E-state index in [1.165, 1.54) is 0 Å². The Morgan fingerprint density at radius 3 is 2.96 bits per heavy atom. The van der Waals surface area contributed by atoms with Crippen LogP contribution in [0.15, 0.2) is 57.6 Å². The second-order valence-electron chi connectivity index (χ2n) is 5.71. The number of furan rings is 2. The quantitative estimate of drug-likeness (QED) is 0.583. The summed E-state index contributed by atoms with van der Waals surface area (Å²) < 4.78 is 11.0. The average molecular weight is 336 g/mol. The van der Waals surface area contributed by atoms with Crippen LogP contribution in [-0.2, 0) is 11.3 Å². The van der Waals surface area contributed by atoms with Gasteiger partial charge in [-0.05, 0) is 31.2 Å². The van der Waals surface area contributed by atoms with Gasteiger partial charge in [-0.15, -0.1) is 5.10 Å². The van der Waals surface area contributed by atoms with Crippen molar-refractivity contribution >= 4 is 16.9 Å². The van der Waals surface area contributed by atoms with Crippen molar-refractivity contribution in [3.63, 3.8) is 0 Å². The van der Waals surface area contributed by atoms with E-state index in [1.807, 2.05) is 37.3 Å². The molecule has 1 aromatic carbocycles. The predicted molar refractivity (Wildman–Crippen MR) is 90.6 cm³/mol. The fourth-order valence-corrected chi connectivity index (χ4v) is 2.56. The van der Waals surface area contributed by atoms with E-state index < -0.39 is 5.92 Å². The fraction of sp³-hybridized carbons (Fsp3) is 0.167. The van der Waals surface area contributed by atoms with Gasteiger partial charge in [0.15, 0.2) is 5.76 Å². The predicted octanol–water partition coefficient (Wildman–Crippen LogP) is 3.23. The maximum Gasteiger partial charge on any atom is 0.230 e. The molecule has 4 aromatic rings. The Morgan fingerprint density at radius 1 is 1.28 bits per heavy atom. The lowest BCUT2D eigenvalue weighted by atomic mass is 10.1. The first-order valence-electron chi connectivity index (χ1n) is 7.92. The highest BCUT2D eigenvalue weighted by Crippen LogP contribution is 2.25. The molecule has 0 spiro atoms. The number of nitrogens with one attached hydrogen (secondary N) is 2. The molecule has 4 rings (SSSR count). The third-order valence-electron chi connectivity index (χ3n) is 3.97. The van der Waals surface area contributed by atoms with Gasteiger partial charge >= 0.3 is 0 Å². The van der Waals surface area contributed by atoms with Crippen molar-refractivity contribution in [3.8, 4) is 11.6 Å². The summed E-state index contributed by atoms with van der Waals surface area (Å²) in [6, 6.07) is 13.1. The molecular weight excluding hydrogens is 320 g/mol. The van der Waals surface area contributed by atoms with E-state index in [0.29, 0.717) is 23.2 Å². The van der Waals surface area contributed by atoms with Gasteiger partial charge in [0.1, 0.15) is 17.2 Å². The Bertz CT molecular complexity index is 967. The maximum absolute atomic E-state index is 12.4. The number of carbonyl (C=O) groups is 1. The van der Waals surface area contributed by atoms with Crippen LogP contribution in [0.3, 0.4) is 0 Å². The highest BCUT2D eigenvalue weighted by atomic mass is 16.3. The van der Waals surface area contributed by atoms with E-state index in [2.05, 4.69) is 20.5 Å². The Kier molecular flexibility index (Phi) is 3.81. The molecule has 0 fully saturated rings. The van der Waals surface area contributed by atoms with Gasteiger partial charge in [0, 0.05) is 5.39 Å². The van der Waals surface area contributed by atoms with Crippen LogP contribution in [0.1, 0.15) is 24.4 Å². The lowest BCUT2D eigenvalue weighted by Crippen LogP contribution is -2.27. The van der Waals surface area contributed by atoms with E-state index in [9.17, 15) is 4.79 Å². The number of hydrogen-bond donors (Lipinski definition) is 2. The van der Waals surface area contributed by atoms with Gasteiger partial charge in [0.2, 0.25) is 11.7 Å². The molecule has 2 N–H and O–H groups in total. The first kappa shape index (κ1) is 15.2. The number of para-hydroxylation sites is 1. The summed E-state index contributed by atoms with van der Waals surface area (Å²) in [5.74, 6) is 1.67. The Balaban J connectivity index is 1.41. The van der Waals surface area contributed by atoms with Gasteiger partial charge in [0.25, 0.3) is 0 Å². The van der Waals surface area contributed by atoms with Gasteiger partial charge < -0.3 is 14.2 Å². The standard InChI is InChI=1S/C18H16N4O3/c1-11(15-9-12-5-2-3-6-13(12)25-15)18(23)19-10-16-20-17(22-21-16)14-7-4-8-24-14/h2-9,11H,10H2,1H3,(H,19,23)(H,20,21,22). The monoisotopic (exact) mass is 336 g/mol. The molecule has 0 bridgehead atoms. The van der Waals surface area contributed by atoms with E-state index in [1.54, 1.807) is 18.4 Å². The molecule has 3 aromatic heterocycles. The molecule has 7 nitrogen and oxygen atoms in total. The number of benzene rings is 1. The van der Waals surface area contributed by atoms with Crippen molar-refractivity contribution in [1.29, 1.82) is 0 Å². The smallest absolute Gasteiger partial charge is 0.230 e. The number of fused-ring (bicyclic) bond motifs is 1. The second-order valence-corrected chi connectivity index (χ2v) is 5.71. The van der Waals surface area contributed by atoms with Gasteiger partial charge in [-0.1, -0.05) is 18.2 Å². The molecule has 0 saturated heterocycles. The van der Waals surface area contributed by atoms with Crippen molar-refractivity contribution < 1.29 is 13.6 Å². The number of hydrogen-bond acceptors (Lipinski definition) is 5. The zero-order valence-electron chi connectivity index (χ0n) is 13.5. The summed E-state index contributed by atoms with van der Waals surface area (Å²) >= 11 is 0. The normalized spacial score (nSPS) is 12.4. The van der Waals surface area contributed by atoms with Crippen molar-refractivity contribution in [3.05, 3.63) is 60.3 Å². The number of rotatable bonds is 5. The van der Waals surface area contributed by atoms with E-state index in [4.69, 9.17) is 8.83 Å². The third kappa shape index (κ3) is 3.03. The summed E-state index contributed by atoms with van der Waals surface area (Å²) in [5.41, 5.74) is 0.774. The van der Waals surface area contributed by atoms with Gasteiger partial charge in [-0.2, -0.15) is 0 Å². The SMILES string of the molecule is CC(C(=O)NCc1nc(-c2ccco2)n[nH]1)c1cc2ccccc2o1. The summed E-state index contributed by atoms with van der Waals surface area (Å²) in [6.45, 7) is 2.05. The van der Waals surface area contributed by atoms with Crippen LogP contribution in [0.4, 0.5) is 0 Å². The highest BCUT2D eigenvalue weighted by Gasteiger charge is 2.19. The summed E-state index contributed by atoms with van der Waals surface area (Å²) in [5, 5.41) is 10.7. The van der Waals surface area contributed by atoms with Crippen molar-refractivity contribution in [2.75, 3.05) is 0 Å². The van der Waals surface area contributed by atoms with Crippen LogP contribution in [-0.4, -0.2) is 21.1 Å². The van der Waals surface area contributed by atoms with Crippen LogP contribution >= 0.6 is 0 Å². The number of carbonyl (C=O) groups excluding carboxylic acids is 1. The number of aromatic nitrogens is 3. The zero-order chi connectivity index (χ0) is 17.2. The zero-order valence-corrected chi connectivity index (χ0v) is 13.5. The Labute approximate surface area is 143 Å². The fourth-order valence-electron chi connectivity index (χ4n) is 2.56. The van der Waals surface area contributed by atoms with Crippen molar-refractivity contribution in [2.24, 2.45) is 0 Å². The number of nitrogens with zero attached hydrogens (tertiary/aromatic N) is 2. The molecule has 1 unspecified atom stereocenters. The topological polar surface area (TPSA) is 97.0 Å². The van der Waals surface area contributed by atoms with E-state index in [0.717, 1.165) is 11.0 Å². The number of aromatic amines is 1. The van der Waals surface area contributed by atoms with Crippen LogP contribution in [0.5, 0.6) is 0 Å². The largest absolute Gasteiger partial charge is 0.461 e. The first-order valence-corrected chi connectivity index (χ1v) is 7.92. The summed E-state index contributed by atoms with van der Waals surface area (Å²) in [6.07, 6.45) is 1.56. The third-order valence-corrected chi connectivity index (χ3v) is 3.97. The van der Waals surface area contributed by atoms with Crippen LogP contribution < -0.4 is 5.32 Å². The maximum atomic E-state index is 12.4. The molecular formula is C18H16N4O3. The molecule has 0 saturated carbocycles. The lowest BCUT2D eigenvalue weighted by Gasteiger charge is -2.08. The Morgan fingerprint density at radius 2 is 2.16 bits per heavy atom. The minimum Gasteiger partial charge on any atom is -0.461 e. The summed E-state index contributed by atoms with van der Waals surface area (Å²) in [7, 11) is 0. The van der Waals surface area contributed by atoms with Crippen LogP contribution in [0, 0.1) is 0 Å². The molecule has 0 aliphatic rings. The first-order chi connectivity index (χ1) is 12.2. The van der Waals surface area contributed by atoms with Gasteiger partial charge in [-0.25, -0.2) is 4.98 Å². The van der Waals surface area contributed by atoms with Crippen molar-refractivity contribution in [1.82, 2.24) is 20.5 Å². The van der Waals surface area contributed by atoms with E-state index >= 15 is 0 Å². The molecule has 25 heavy (non-hydrogen) atoms.